The average Bonchev–Trinajstić information content (AvgIpc) is 2.94. The van der Waals surface area contributed by atoms with E-state index in [1.165, 1.54) is 0 Å². The van der Waals surface area contributed by atoms with Crippen molar-refractivity contribution in [3.63, 3.8) is 0 Å². The Morgan fingerprint density at radius 2 is 1.38 bits per heavy atom. The molecule has 1 aliphatic heterocycles. The topological polar surface area (TPSA) is 66.5 Å². The van der Waals surface area contributed by atoms with E-state index < -0.39 is 0 Å². The standard InChI is InChI=1S/C22H20Br2N2O3/c23-18-10-16-17(11-19(18)24)22(29)26(21(16)28)12-20(27)25-15-8-6-14(7-9-15)13-4-2-1-3-5-13/h1-9,16-19H,10-12H2,(H,25,27)/t16-,17-,18-,19+/m1/s1. The van der Waals surface area contributed by atoms with Gasteiger partial charge in [0.25, 0.3) is 0 Å². The van der Waals surface area contributed by atoms with Crippen molar-refractivity contribution in [1.82, 2.24) is 4.90 Å². The van der Waals surface area contributed by atoms with E-state index >= 15 is 0 Å². The third-order valence-electron chi connectivity index (χ3n) is 5.58. The van der Waals surface area contributed by atoms with Gasteiger partial charge in [0.2, 0.25) is 17.7 Å². The largest absolute Gasteiger partial charge is 0.325 e. The van der Waals surface area contributed by atoms with Gasteiger partial charge in [-0.25, -0.2) is 0 Å². The number of likely N-dealkylation sites (tertiary alicyclic amines) is 1. The fraction of sp³-hybridized carbons (Fsp3) is 0.318. The molecule has 150 valence electrons. The number of halogens is 2. The summed E-state index contributed by atoms with van der Waals surface area (Å²) in [5, 5.41) is 2.78. The van der Waals surface area contributed by atoms with E-state index in [1.54, 1.807) is 0 Å². The zero-order valence-corrected chi connectivity index (χ0v) is 18.7. The van der Waals surface area contributed by atoms with Gasteiger partial charge >= 0.3 is 0 Å². The summed E-state index contributed by atoms with van der Waals surface area (Å²) in [5.74, 6) is -1.52. The summed E-state index contributed by atoms with van der Waals surface area (Å²) in [4.78, 5) is 39.3. The maximum absolute atomic E-state index is 12.7. The van der Waals surface area contributed by atoms with E-state index in [-0.39, 0.29) is 45.8 Å². The van der Waals surface area contributed by atoms with E-state index in [0.717, 1.165) is 16.0 Å². The molecule has 0 aromatic heterocycles. The van der Waals surface area contributed by atoms with Crippen LogP contribution in [0, 0.1) is 11.8 Å². The van der Waals surface area contributed by atoms with Crippen LogP contribution in [0.5, 0.6) is 0 Å². The number of carbonyl (C=O) groups excluding carboxylic acids is 3. The molecule has 2 aromatic rings. The van der Waals surface area contributed by atoms with Gasteiger partial charge in [-0.1, -0.05) is 74.3 Å². The smallest absolute Gasteiger partial charge is 0.244 e. The first kappa shape index (κ1) is 20.3. The highest BCUT2D eigenvalue weighted by molar-refractivity contribution is 9.12. The predicted molar refractivity (Wildman–Crippen MR) is 119 cm³/mol. The number of alkyl halides is 2. The minimum Gasteiger partial charge on any atom is -0.325 e. The maximum Gasteiger partial charge on any atom is 0.244 e. The number of benzene rings is 2. The summed E-state index contributed by atoms with van der Waals surface area (Å²) >= 11 is 7.13. The van der Waals surface area contributed by atoms with E-state index in [4.69, 9.17) is 0 Å². The average molecular weight is 520 g/mol. The predicted octanol–water partition coefficient (Wildman–Crippen LogP) is 4.21. The zero-order chi connectivity index (χ0) is 20.5. The lowest BCUT2D eigenvalue weighted by Gasteiger charge is -2.29. The monoisotopic (exact) mass is 518 g/mol. The molecule has 0 radical (unpaired) electrons. The Morgan fingerprint density at radius 1 is 0.862 bits per heavy atom. The molecule has 2 aliphatic rings. The van der Waals surface area contributed by atoms with E-state index in [9.17, 15) is 14.4 Å². The molecule has 3 amide bonds. The SMILES string of the molecule is O=C(CN1C(=O)[C@@H]2C[C@@H](Br)[C@@H](Br)C[C@H]2C1=O)Nc1ccc(-c2ccccc2)cc1. The van der Waals surface area contributed by atoms with Crippen molar-refractivity contribution in [1.29, 1.82) is 0 Å². The Morgan fingerprint density at radius 3 is 1.93 bits per heavy atom. The summed E-state index contributed by atoms with van der Waals surface area (Å²) in [5.41, 5.74) is 2.77. The third-order valence-corrected chi connectivity index (χ3v) is 8.31. The van der Waals surface area contributed by atoms with Gasteiger partial charge in [0.15, 0.2) is 0 Å². The van der Waals surface area contributed by atoms with Crippen molar-refractivity contribution in [2.45, 2.75) is 22.5 Å². The summed E-state index contributed by atoms with van der Waals surface area (Å²) in [6.07, 6.45) is 1.20. The number of imide groups is 1. The summed E-state index contributed by atoms with van der Waals surface area (Å²) in [7, 11) is 0. The fourth-order valence-corrected chi connectivity index (χ4v) is 5.28. The Kier molecular flexibility index (Phi) is 5.88. The second kappa shape index (κ2) is 8.40. The van der Waals surface area contributed by atoms with Gasteiger partial charge in [-0.15, -0.1) is 0 Å². The van der Waals surface area contributed by atoms with Crippen LogP contribution in [-0.2, 0) is 14.4 Å². The van der Waals surface area contributed by atoms with Crippen LogP contribution in [0.2, 0.25) is 0 Å². The van der Waals surface area contributed by atoms with Crippen LogP contribution in [0.25, 0.3) is 11.1 Å². The first-order chi connectivity index (χ1) is 13.9. The number of carbonyl (C=O) groups is 3. The number of fused-ring (bicyclic) bond motifs is 1. The summed E-state index contributed by atoms with van der Waals surface area (Å²) in [6.45, 7) is -0.245. The number of nitrogens with zero attached hydrogens (tertiary/aromatic N) is 1. The summed E-state index contributed by atoms with van der Waals surface area (Å²) < 4.78 is 0. The van der Waals surface area contributed by atoms with Crippen molar-refractivity contribution in [2.75, 3.05) is 11.9 Å². The molecule has 1 saturated heterocycles. The highest BCUT2D eigenvalue weighted by atomic mass is 79.9. The summed E-state index contributed by atoms with van der Waals surface area (Å²) in [6, 6.07) is 17.4. The van der Waals surface area contributed by atoms with Gasteiger partial charge < -0.3 is 5.32 Å². The van der Waals surface area contributed by atoms with Gasteiger partial charge in [0, 0.05) is 15.3 Å². The molecule has 1 saturated carbocycles. The number of hydrogen-bond acceptors (Lipinski definition) is 3. The molecule has 1 heterocycles. The Bertz CT molecular complexity index is 905. The lowest BCUT2D eigenvalue weighted by Crippen LogP contribution is -2.38. The highest BCUT2D eigenvalue weighted by Gasteiger charge is 2.52. The number of rotatable bonds is 4. The molecule has 1 aliphatic carbocycles. The van der Waals surface area contributed by atoms with Crippen molar-refractivity contribution in [3.05, 3.63) is 54.6 Å². The van der Waals surface area contributed by atoms with Crippen molar-refractivity contribution in [3.8, 4) is 11.1 Å². The molecule has 4 atom stereocenters. The fourth-order valence-electron chi connectivity index (χ4n) is 4.04. The van der Waals surface area contributed by atoms with Gasteiger partial charge in [-0.05, 0) is 36.1 Å². The van der Waals surface area contributed by atoms with E-state index in [2.05, 4.69) is 37.2 Å². The van der Waals surface area contributed by atoms with Crippen LogP contribution < -0.4 is 5.32 Å². The molecule has 0 spiro atoms. The van der Waals surface area contributed by atoms with Gasteiger partial charge in [-0.2, -0.15) is 0 Å². The quantitative estimate of drug-likeness (QED) is 0.486. The molecule has 0 unspecified atom stereocenters. The van der Waals surface area contributed by atoms with E-state index in [1.807, 2.05) is 54.6 Å². The van der Waals surface area contributed by atoms with Crippen LogP contribution in [-0.4, -0.2) is 38.8 Å². The lowest BCUT2D eigenvalue weighted by molar-refractivity contribution is -0.142. The van der Waals surface area contributed by atoms with Gasteiger partial charge in [0.1, 0.15) is 6.54 Å². The van der Waals surface area contributed by atoms with E-state index in [0.29, 0.717) is 18.5 Å². The van der Waals surface area contributed by atoms with Crippen LogP contribution >= 0.6 is 31.9 Å². The second-order valence-corrected chi connectivity index (χ2v) is 9.82. The van der Waals surface area contributed by atoms with Crippen molar-refractivity contribution in [2.24, 2.45) is 11.8 Å². The van der Waals surface area contributed by atoms with Gasteiger partial charge in [0.05, 0.1) is 11.8 Å². The number of anilines is 1. The normalized spacial score (nSPS) is 26.3. The molecule has 0 bridgehead atoms. The molecule has 1 N–H and O–H groups in total. The molecule has 7 heteroatoms. The van der Waals surface area contributed by atoms with Gasteiger partial charge in [-0.3, -0.25) is 19.3 Å². The second-order valence-electron chi connectivity index (χ2n) is 7.47. The zero-order valence-electron chi connectivity index (χ0n) is 15.6. The molecular weight excluding hydrogens is 500 g/mol. The van der Waals surface area contributed by atoms with Crippen LogP contribution in [0.4, 0.5) is 5.69 Å². The molecular formula is C22H20Br2N2O3. The van der Waals surface area contributed by atoms with Crippen molar-refractivity contribution < 1.29 is 14.4 Å². The minimum atomic E-state index is -0.372. The van der Waals surface area contributed by atoms with Crippen molar-refractivity contribution >= 4 is 55.3 Å². The number of nitrogens with one attached hydrogen (secondary N) is 1. The molecule has 29 heavy (non-hydrogen) atoms. The Hall–Kier alpha value is -1.99. The number of amides is 3. The minimum absolute atomic E-state index is 0.150. The molecule has 2 aromatic carbocycles. The first-order valence-electron chi connectivity index (χ1n) is 9.52. The highest BCUT2D eigenvalue weighted by Crippen LogP contribution is 2.43. The maximum atomic E-state index is 12.7. The number of hydrogen-bond donors (Lipinski definition) is 1. The Balaban J connectivity index is 1.40. The van der Waals surface area contributed by atoms with Crippen LogP contribution in [0.15, 0.2) is 54.6 Å². The third kappa shape index (κ3) is 4.16. The first-order valence-corrected chi connectivity index (χ1v) is 11.4. The molecule has 5 nitrogen and oxygen atoms in total. The lowest BCUT2D eigenvalue weighted by atomic mass is 9.81. The van der Waals surface area contributed by atoms with Crippen LogP contribution in [0.3, 0.4) is 0 Å². The molecule has 4 rings (SSSR count). The molecule has 2 fully saturated rings. The van der Waals surface area contributed by atoms with Crippen LogP contribution in [0.1, 0.15) is 12.8 Å². The Labute approximate surface area is 186 Å².